The monoisotopic (exact) mass is 486 g/mol. The lowest BCUT2D eigenvalue weighted by molar-refractivity contribution is 0.278. The van der Waals surface area contributed by atoms with Crippen LogP contribution < -0.4 is 10.0 Å². The number of anilines is 1. The highest BCUT2D eigenvalue weighted by Crippen LogP contribution is 2.36. The standard InChI is InChI=1S/C24H34N6O3S/c1-3-4-13-25-24-26-16-21-22(18-7-11-20(12-8-18)34(32,33)27-14-15-31)29-30(23(21)28-24)19-9-5-17(2)6-10-19/h7-8,11-12,16-17,19,27,31H,3-6,9-10,13-15H2,1-2H3,(H,25,26,28). The van der Waals surface area contributed by atoms with E-state index in [1.54, 1.807) is 24.3 Å². The van der Waals surface area contributed by atoms with Crippen molar-refractivity contribution in [1.82, 2.24) is 24.5 Å². The summed E-state index contributed by atoms with van der Waals surface area (Å²) in [7, 11) is -3.67. The van der Waals surface area contributed by atoms with Gasteiger partial charge >= 0.3 is 0 Å². The van der Waals surface area contributed by atoms with Crippen molar-refractivity contribution in [2.45, 2.75) is 63.3 Å². The van der Waals surface area contributed by atoms with E-state index in [0.29, 0.717) is 5.95 Å². The molecule has 0 spiro atoms. The van der Waals surface area contributed by atoms with Gasteiger partial charge in [0.25, 0.3) is 0 Å². The molecule has 1 aromatic carbocycles. The zero-order valence-electron chi connectivity index (χ0n) is 19.9. The average Bonchev–Trinajstić information content (AvgIpc) is 3.22. The molecule has 34 heavy (non-hydrogen) atoms. The number of benzene rings is 1. The van der Waals surface area contributed by atoms with Gasteiger partial charge in [-0.15, -0.1) is 0 Å². The molecule has 0 amide bonds. The van der Waals surface area contributed by atoms with E-state index in [2.05, 4.69) is 33.6 Å². The van der Waals surface area contributed by atoms with Crippen LogP contribution in [0.15, 0.2) is 35.4 Å². The van der Waals surface area contributed by atoms with Crippen LogP contribution in [0.5, 0.6) is 0 Å². The largest absolute Gasteiger partial charge is 0.395 e. The molecule has 0 unspecified atom stereocenters. The summed E-state index contributed by atoms with van der Waals surface area (Å²) >= 11 is 0. The van der Waals surface area contributed by atoms with Gasteiger partial charge in [0, 0.05) is 24.8 Å². The third-order valence-electron chi connectivity index (χ3n) is 6.44. The molecular weight excluding hydrogens is 452 g/mol. The Balaban J connectivity index is 1.70. The Morgan fingerprint density at radius 3 is 2.53 bits per heavy atom. The molecule has 0 atom stereocenters. The van der Waals surface area contributed by atoms with E-state index < -0.39 is 10.0 Å². The zero-order chi connectivity index (χ0) is 24.1. The first-order valence-corrected chi connectivity index (χ1v) is 13.6. The van der Waals surface area contributed by atoms with Crippen LogP contribution in [0.25, 0.3) is 22.3 Å². The number of hydrogen-bond acceptors (Lipinski definition) is 7. The summed E-state index contributed by atoms with van der Waals surface area (Å²) in [4.78, 5) is 9.49. The van der Waals surface area contributed by atoms with Crippen molar-refractivity contribution in [2.75, 3.05) is 25.0 Å². The predicted molar refractivity (Wildman–Crippen MR) is 133 cm³/mol. The van der Waals surface area contributed by atoms with Crippen molar-refractivity contribution >= 4 is 27.0 Å². The van der Waals surface area contributed by atoms with Crippen LogP contribution in [0, 0.1) is 5.92 Å². The molecule has 2 heterocycles. The lowest BCUT2D eigenvalue weighted by Crippen LogP contribution is -2.26. The summed E-state index contributed by atoms with van der Waals surface area (Å²) in [6, 6.07) is 6.92. The summed E-state index contributed by atoms with van der Waals surface area (Å²) < 4.78 is 29.1. The van der Waals surface area contributed by atoms with Crippen LogP contribution in [0.1, 0.15) is 58.4 Å². The van der Waals surface area contributed by atoms with Crippen molar-refractivity contribution in [2.24, 2.45) is 5.92 Å². The minimum Gasteiger partial charge on any atom is -0.395 e. The van der Waals surface area contributed by atoms with Crippen LogP contribution in [0.3, 0.4) is 0 Å². The van der Waals surface area contributed by atoms with Crippen molar-refractivity contribution < 1.29 is 13.5 Å². The minimum atomic E-state index is -3.67. The second kappa shape index (κ2) is 10.8. The van der Waals surface area contributed by atoms with Crippen LogP contribution in [-0.4, -0.2) is 53.0 Å². The molecule has 0 saturated heterocycles. The van der Waals surface area contributed by atoms with Crippen molar-refractivity contribution in [3.05, 3.63) is 30.5 Å². The molecule has 10 heteroatoms. The highest BCUT2D eigenvalue weighted by molar-refractivity contribution is 7.89. The van der Waals surface area contributed by atoms with Gasteiger partial charge in [-0.2, -0.15) is 10.1 Å². The third-order valence-corrected chi connectivity index (χ3v) is 7.91. The molecule has 0 bridgehead atoms. The van der Waals surface area contributed by atoms with E-state index in [-0.39, 0.29) is 24.1 Å². The van der Waals surface area contributed by atoms with E-state index in [4.69, 9.17) is 15.2 Å². The fourth-order valence-electron chi connectivity index (χ4n) is 4.40. The van der Waals surface area contributed by atoms with Crippen LogP contribution in [0.2, 0.25) is 0 Å². The first kappa shape index (κ1) is 24.6. The first-order chi connectivity index (χ1) is 16.4. The predicted octanol–water partition coefficient (Wildman–Crippen LogP) is 3.73. The van der Waals surface area contributed by atoms with E-state index in [1.165, 1.54) is 12.8 Å². The highest BCUT2D eigenvalue weighted by atomic mass is 32.2. The smallest absolute Gasteiger partial charge is 0.240 e. The SMILES string of the molecule is CCCCNc1ncc2c(-c3ccc(S(=O)(=O)NCCO)cc3)nn(C3CCC(C)CC3)c2n1. The van der Waals surface area contributed by atoms with Gasteiger partial charge in [0.05, 0.1) is 22.9 Å². The van der Waals surface area contributed by atoms with Crippen molar-refractivity contribution in [3.63, 3.8) is 0 Å². The molecule has 2 aromatic heterocycles. The molecule has 184 valence electrons. The van der Waals surface area contributed by atoms with Gasteiger partial charge in [0.1, 0.15) is 5.69 Å². The lowest BCUT2D eigenvalue weighted by atomic mass is 9.87. The Bertz CT molecular complexity index is 1200. The number of nitrogens with one attached hydrogen (secondary N) is 2. The highest BCUT2D eigenvalue weighted by Gasteiger charge is 2.25. The van der Waals surface area contributed by atoms with Gasteiger partial charge in [-0.05, 0) is 50.2 Å². The number of fused-ring (bicyclic) bond motifs is 1. The topological polar surface area (TPSA) is 122 Å². The maximum atomic E-state index is 12.4. The number of sulfonamides is 1. The van der Waals surface area contributed by atoms with Gasteiger partial charge in [-0.1, -0.05) is 32.4 Å². The Labute approximate surface area is 201 Å². The van der Waals surface area contributed by atoms with E-state index in [0.717, 1.165) is 60.4 Å². The molecule has 0 aliphatic heterocycles. The van der Waals surface area contributed by atoms with Crippen LogP contribution in [-0.2, 0) is 10.0 Å². The minimum absolute atomic E-state index is 0.0227. The molecule has 1 saturated carbocycles. The van der Waals surface area contributed by atoms with Crippen LogP contribution in [0.4, 0.5) is 5.95 Å². The molecule has 9 nitrogen and oxygen atoms in total. The Morgan fingerprint density at radius 2 is 1.85 bits per heavy atom. The molecule has 3 aromatic rings. The van der Waals surface area contributed by atoms with Gasteiger partial charge in [-0.25, -0.2) is 22.8 Å². The number of hydrogen-bond donors (Lipinski definition) is 3. The molecule has 1 aliphatic carbocycles. The molecule has 1 fully saturated rings. The summed E-state index contributed by atoms with van der Waals surface area (Å²) in [5, 5.41) is 18.1. The van der Waals surface area contributed by atoms with Crippen LogP contribution >= 0.6 is 0 Å². The van der Waals surface area contributed by atoms with Gasteiger partial charge < -0.3 is 10.4 Å². The second-order valence-electron chi connectivity index (χ2n) is 9.06. The quantitative estimate of drug-likeness (QED) is 0.373. The van der Waals surface area contributed by atoms with Crippen molar-refractivity contribution in [3.8, 4) is 11.3 Å². The second-order valence-corrected chi connectivity index (χ2v) is 10.8. The van der Waals surface area contributed by atoms with E-state index in [9.17, 15) is 8.42 Å². The molecule has 1 aliphatic rings. The number of aromatic nitrogens is 4. The number of aliphatic hydroxyl groups is 1. The normalized spacial score (nSPS) is 18.9. The third kappa shape index (κ3) is 5.39. The Morgan fingerprint density at radius 1 is 1.12 bits per heavy atom. The summed E-state index contributed by atoms with van der Waals surface area (Å²) in [5.74, 6) is 1.33. The summed E-state index contributed by atoms with van der Waals surface area (Å²) in [6.07, 6.45) is 8.42. The lowest BCUT2D eigenvalue weighted by Gasteiger charge is -2.26. The average molecular weight is 487 g/mol. The first-order valence-electron chi connectivity index (χ1n) is 12.1. The molecule has 0 radical (unpaired) electrons. The summed E-state index contributed by atoms with van der Waals surface area (Å²) in [6.45, 7) is 4.99. The maximum absolute atomic E-state index is 12.4. The number of nitrogens with zero attached hydrogens (tertiary/aromatic N) is 4. The van der Waals surface area contributed by atoms with Crippen molar-refractivity contribution in [1.29, 1.82) is 0 Å². The van der Waals surface area contributed by atoms with Gasteiger partial charge in [0.2, 0.25) is 16.0 Å². The summed E-state index contributed by atoms with van der Waals surface area (Å²) in [5.41, 5.74) is 2.37. The van der Waals surface area contributed by atoms with Gasteiger partial charge in [-0.3, -0.25) is 0 Å². The number of unbranched alkanes of at least 4 members (excludes halogenated alkanes) is 1. The number of rotatable bonds is 10. The maximum Gasteiger partial charge on any atom is 0.240 e. The van der Waals surface area contributed by atoms with Gasteiger partial charge in [0.15, 0.2) is 5.65 Å². The fraction of sp³-hybridized carbons (Fsp3) is 0.542. The Kier molecular flexibility index (Phi) is 7.80. The molecule has 3 N–H and O–H groups in total. The Hall–Kier alpha value is -2.56. The number of aliphatic hydroxyl groups excluding tert-OH is 1. The fourth-order valence-corrected chi connectivity index (χ4v) is 5.42. The zero-order valence-corrected chi connectivity index (χ0v) is 20.7. The molecular formula is C24H34N6O3S. The van der Waals surface area contributed by atoms with E-state index >= 15 is 0 Å². The molecule has 4 rings (SSSR count). The van der Waals surface area contributed by atoms with E-state index in [1.807, 2.05) is 6.20 Å².